The maximum atomic E-state index is 4.70. The Kier molecular flexibility index (Phi) is 6.23. The Morgan fingerprint density at radius 1 is 1.32 bits per heavy atom. The molecule has 1 aromatic rings. The number of nitrogens with one attached hydrogen (secondary N) is 1. The Morgan fingerprint density at radius 2 is 2.11 bits per heavy atom. The molecule has 0 aromatic carbocycles. The molecular weight excluding hydrogens is 256 g/mol. The minimum atomic E-state index is 0.916. The summed E-state index contributed by atoms with van der Waals surface area (Å²) >= 11 is 1.81. The fourth-order valence-electron chi connectivity index (χ4n) is 2.26. The van der Waals surface area contributed by atoms with E-state index in [9.17, 15) is 0 Å². The van der Waals surface area contributed by atoms with Crippen LogP contribution in [0.5, 0.6) is 0 Å². The molecule has 1 N–H and O–H groups in total. The van der Waals surface area contributed by atoms with E-state index in [1.807, 2.05) is 11.3 Å². The van der Waals surface area contributed by atoms with Gasteiger partial charge in [0.25, 0.3) is 0 Å². The summed E-state index contributed by atoms with van der Waals surface area (Å²) in [5, 5.41) is 6.88. The van der Waals surface area contributed by atoms with Crippen LogP contribution < -0.4 is 5.32 Å². The summed E-state index contributed by atoms with van der Waals surface area (Å²) in [4.78, 5) is 9.65. The van der Waals surface area contributed by atoms with Crippen LogP contribution in [0.15, 0.2) is 5.38 Å². The van der Waals surface area contributed by atoms with Crippen LogP contribution in [0.4, 0.5) is 0 Å². The second-order valence-electron chi connectivity index (χ2n) is 5.30. The molecule has 1 aliphatic heterocycles. The number of rotatable bonds is 7. The van der Waals surface area contributed by atoms with Crippen molar-refractivity contribution in [3.05, 3.63) is 16.1 Å². The van der Waals surface area contributed by atoms with Crippen molar-refractivity contribution in [2.45, 2.75) is 26.3 Å². The number of aromatic nitrogens is 1. The molecule has 5 heteroatoms. The number of hydrogen-bond donors (Lipinski definition) is 1. The Bertz CT molecular complexity index is 358. The minimum absolute atomic E-state index is 0.916. The zero-order valence-corrected chi connectivity index (χ0v) is 13.0. The highest BCUT2D eigenvalue weighted by Gasteiger charge is 2.13. The summed E-state index contributed by atoms with van der Waals surface area (Å²) < 4.78 is 0. The molecule has 19 heavy (non-hydrogen) atoms. The largest absolute Gasteiger partial charge is 0.311 e. The molecule has 0 bridgehead atoms. The van der Waals surface area contributed by atoms with E-state index in [-0.39, 0.29) is 0 Å². The second-order valence-corrected chi connectivity index (χ2v) is 6.25. The minimum Gasteiger partial charge on any atom is -0.311 e. The fraction of sp³-hybridized carbons (Fsp3) is 0.786. The lowest BCUT2D eigenvalue weighted by Crippen LogP contribution is -2.45. The molecule has 1 aliphatic rings. The number of hydrogen-bond acceptors (Lipinski definition) is 5. The van der Waals surface area contributed by atoms with E-state index >= 15 is 0 Å². The molecular formula is C14H26N4S. The van der Waals surface area contributed by atoms with Crippen LogP contribution in [-0.4, -0.2) is 61.1 Å². The van der Waals surface area contributed by atoms with Crippen molar-refractivity contribution in [3.63, 3.8) is 0 Å². The zero-order valence-electron chi connectivity index (χ0n) is 12.2. The highest BCUT2D eigenvalue weighted by atomic mass is 32.1. The van der Waals surface area contributed by atoms with Gasteiger partial charge in [-0.05, 0) is 20.0 Å². The summed E-state index contributed by atoms with van der Waals surface area (Å²) in [6, 6.07) is 0. The molecule has 0 atom stereocenters. The third kappa shape index (κ3) is 5.18. The normalized spacial score (nSPS) is 18.0. The van der Waals surface area contributed by atoms with Gasteiger partial charge >= 0.3 is 0 Å². The first-order chi connectivity index (χ1) is 9.28. The first kappa shape index (κ1) is 14.9. The average Bonchev–Trinajstić information content (AvgIpc) is 2.86. The van der Waals surface area contributed by atoms with Crippen LogP contribution in [0.2, 0.25) is 0 Å². The lowest BCUT2D eigenvalue weighted by Gasteiger charge is -2.32. The van der Waals surface area contributed by atoms with E-state index in [0.29, 0.717) is 0 Å². The maximum Gasteiger partial charge on any atom is 0.0941 e. The summed E-state index contributed by atoms with van der Waals surface area (Å²) in [5.74, 6) is 0. The third-order valence-corrected chi connectivity index (χ3v) is 4.53. The Hall–Kier alpha value is -0.490. The zero-order chi connectivity index (χ0) is 13.5. The van der Waals surface area contributed by atoms with Crippen LogP contribution >= 0.6 is 11.3 Å². The van der Waals surface area contributed by atoms with Crippen LogP contribution in [0.25, 0.3) is 0 Å². The fourth-order valence-corrected chi connectivity index (χ4v) is 3.05. The van der Waals surface area contributed by atoms with Crippen LogP contribution in [0.1, 0.15) is 24.0 Å². The predicted molar refractivity (Wildman–Crippen MR) is 81.8 cm³/mol. The van der Waals surface area contributed by atoms with Gasteiger partial charge in [-0.3, -0.25) is 0 Å². The SMILES string of the molecule is CCCNCc1csc(CCN2CCN(C)CC2)n1. The molecule has 4 nitrogen and oxygen atoms in total. The number of nitrogens with zero attached hydrogens (tertiary/aromatic N) is 3. The summed E-state index contributed by atoms with van der Waals surface area (Å²) in [6.07, 6.45) is 2.28. The molecule has 0 saturated carbocycles. The molecule has 0 radical (unpaired) electrons. The van der Waals surface area contributed by atoms with Gasteiger partial charge in [0.2, 0.25) is 0 Å². The predicted octanol–water partition coefficient (Wildman–Crippen LogP) is 1.43. The summed E-state index contributed by atoms with van der Waals surface area (Å²) in [5.41, 5.74) is 1.20. The molecule has 0 unspecified atom stereocenters. The lowest BCUT2D eigenvalue weighted by molar-refractivity contribution is 0.155. The molecule has 0 spiro atoms. The van der Waals surface area contributed by atoms with E-state index in [1.54, 1.807) is 0 Å². The first-order valence-electron chi connectivity index (χ1n) is 7.33. The molecule has 2 rings (SSSR count). The van der Waals surface area contributed by atoms with Crippen molar-refractivity contribution in [1.82, 2.24) is 20.1 Å². The first-order valence-corrected chi connectivity index (χ1v) is 8.21. The molecule has 0 amide bonds. The van der Waals surface area contributed by atoms with Crippen molar-refractivity contribution in [2.24, 2.45) is 0 Å². The second kappa shape index (κ2) is 7.94. The maximum absolute atomic E-state index is 4.70. The highest BCUT2D eigenvalue weighted by Crippen LogP contribution is 2.11. The quantitative estimate of drug-likeness (QED) is 0.767. The standard InChI is InChI=1S/C14H26N4S/c1-3-5-15-11-13-12-19-14(16-13)4-6-18-9-7-17(2)8-10-18/h12,15H,3-11H2,1-2H3. The molecule has 1 fully saturated rings. The van der Waals surface area contributed by atoms with Crippen molar-refractivity contribution < 1.29 is 0 Å². The van der Waals surface area contributed by atoms with Crippen LogP contribution in [0.3, 0.4) is 0 Å². The van der Waals surface area contributed by atoms with E-state index in [4.69, 9.17) is 4.98 Å². The van der Waals surface area contributed by atoms with E-state index in [1.165, 1.54) is 43.3 Å². The Labute approximate surface area is 120 Å². The summed E-state index contributed by atoms with van der Waals surface area (Å²) in [7, 11) is 2.20. The number of thiazole rings is 1. The van der Waals surface area contributed by atoms with Crippen molar-refractivity contribution >= 4 is 11.3 Å². The van der Waals surface area contributed by atoms with Crippen molar-refractivity contribution in [1.29, 1.82) is 0 Å². The van der Waals surface area contributed by atoms with Crippen LogP contribution in [0, 0.1) is 0 Å². The van der Waals surface area contributed by atoms with Gasteiger partial charge in [0.05, 0.1) is 10.7 Å². The molecule has 108 valence electrons. The third-order valence-electron chi connectivity index (χ3n) is 3.57. The van der Waals surface area contributed by atoms with Crippen molar-refractivity contribution in [3.8, 4) is 0 Å². The van der Waals surface area contributed by atoms with Gasteiger partial charge in [0.15, 0.2) is 0 Å². The highest BCUT2D eigenvalue weighted by molar-refractivity contribution is 7.09. The van der Waals surface area contributed by atoms with Gasteiger partial charge in [-0.25, -0.2) is 4.98 Å². The summed E-state index contributed by atoms with van der Waals surface area (Å²) in [6.45, 7) is 10.1. The molecule has 0 aliphatic carbocycles. The van der Waals surface area contributed by atoms with E-state index < -0.39 is 0 Å². The van der Waals surface area contributed by atoms with E-state index in [2.05, 4.69) is 34.5 Å². The lowest BCUT2D eigenvalue weighted by atomic mass is 10.3. The average molecular weight is 282 g/mol. The van der Waals surface area contributed by atoms with Gasteiger partial charge in [-0.1, -0.05) is 6.92 Å². The van der Waals surface area contributed by atoms with Gasteiger partial charge < -0.3 is 15.1 Å². The smallest absolute Gasteiger partial charge is 0.0941 e. The van der Waals surface area contributed by atoms with Gasteiger partial charge in [0.1, 0.15) is 0 Å². The Morgan fingerprint density at radius 3 is 2.84 bits per heavy atom. The molecule has 2 heterocycles. The van der Waals surface area contributed by atoms with Crippen LogP contribution in [-0.2, 0) is 13.0 Å². The number of likely N-dealkylation sites (N-methyl/N-ethyl adjacent to an activating group) is 1. The van der Waals surface area contributed by atoms with Gasteiger partial charge in [-0.2, -0.15) is 0 Å². The topological polar surface area (TPSA) is 31.4 Å². The molecule has 1 saturated heterocycles. The Balaban J connectivity index is 1.68. The monoisotopic (exact) mass is 282 g/mol. The van der Waals surface area contributed by atoms with E-state index in [0.717, 1.165) is 26.1 Å². The number of piperazine rings is 1. The van der Waals surface area contributed by atoms with Gasteiger partial charge in [-0.15, -0.1) is 11.3 Å². The van der Waals surface area contributed by atoms with Crippen molar-refractivity contribution in [2.75, 3.05) is 46.3 Å². The molecule has 1 aromatic heterocycles. The van der Waals surface area contributed by atoms with Gasteiger partial charge in [0, 0.05) is 51.1 Å².